The molecule has 0 radical (unpaired) electrons. The zero-order valence-corrected chi connectivity index (χ0v) is 14.9. The molecule has 0 saturated heterocycles. The van der Waals surface area contributed by atoms with E-state index in [1.54, 1.807) is 29.2 Å². The molecule has 2 rings (SSSR count). The van der Waals surface area contributed by atoms with Crippen LogP contribution in [0.4, 0.5) is 5.69 Å². The first-order valence-electron chi connectivity index (χ1n) is 8.68. The van der Waals surface area contributed by atoms with Crippen LogP contribution in [0.5, 0.6) is 0 Å². The Morgan fingerprint density at radius 2 is 1.85 bits per heavy atom. The molecule has 0 bridgehead atoms. The Kier molecular flexibility index (Phi) is 7.38. The van der Waals surface area contributed by atoms with Gasteiger partial charge < -0.3 is 10.2 Å². The van der Waals surface area contributed by atoms with Crippen molar-refractivity contribution in [2.24, 2.45) is 0 Å². The van der Waals surface area contributed by atoms with Crippen molar-refractivity contribution < 1.29 is 9.59 Å². The molecule has 134 valence electrons. The van der Waals surface area contributed by atoms with Gasteiger partial charge in [-0.3, -0.25) is 9.59 Å². The van der Waals surface area contributed by atoms with E-state index in [2.05, 4.69) is 17.4 Å². The number of hydrogen-bond donors (Lipinski definition) is 1. The van der Waals surface area contributed by atoms with Crippen LogP contribution in [-0.2, 0) is 16.0 Å². The Labute approximate surface area is 154 Å². The normalized spacial score (nSPS) is 10.0. The summed E-state index contributed by atoms with van der Waals surface area (Å²) in [7, 11) is 0. The van der Waals surface area contributed by atoms with Crippen LogP contribution >= 0.6 is 0 Å². The van der Waals surface area contributed by atoms with Crippen molar-refractivity contribution in [2.75, 3.05) is 18.4 Å². The third-order valence-electron chi connectivity index (χ3n) is 4.07. The number of benzene rings is 2. The standard InChI is InChI=1S/C21H23N3O2/c1-17(25)24(13-6-10-18-7-3-2-4-8-18)14-12-21(26)23-20-11-5-9-19(15-20)16-22/h2-5,7-9,11,15H,6,10,12-14H2,1H3,(H,23,26). The molecule has 0 aliphatic carbocycles. The predicted molar refractivity (Wildman–Crippen MR) is 101 cm³/mol. The van der Waals surface area contributed by atoms with Crippen LogP contribution in [-0.4, -0.2) is 29.8 Å². The lowest BCUT2D eigenvalue weighted by atomic mass is 10.1. The summed E-state index contributed by atoms with van der Waals surface area (Å²) in [5.41, 5.74) is 2.33. The summed E-state index contributed by atoms with van der Waals surface area (Å²) in [5, 5.41) is 11.7. The fourth-order valence-electron chi connectivity index (χ4n) is 2.67. The first-order valence-corrected chi connectivity index (χ1v) is 8.68. The maximum Gasteiger partial charge on any atom is 0.226 e. The highest BCUT2D eigenvalue weighted by molar-refractivity contribution is 5.91. The van der Waals surface area contributed by atoms with E-state index >= 15 is 0 Å². The minimum absolute atomic E-state index is 0.0302. The van der Waals surface area contributed by atoms with E-state index in [1.165, 1.54) is 12.5 Å². The van der Waals surface area contributed by atoms with E-state index in [9.17, 15) is 9.59 Å². The average molecular weight is 349 g/mol. The molecule has 0 fully saturated rings. The van der Waals surface area contributed by atoms with Gasteiger partial charge in [0.05, 0.1) is 11.6 Å². The lowest BCUT2D eigenvalue weighted by Crippen LogP contribution is -2.33. The second kappa shape index (κ2) is 10.00. The number of carbonyl (C=O) groups excluding carboxylic acids is 2. The topological polar surface area (TPSA) is 73.2 Å². The van der Waals surface area contributed by atoms with Crippen molar-refractivity contribution in [3.05, 3.63) is 65.7 Å². The number of aryl methyl sites for hydroxylation is 1. The van der Waals surface area contributed by atoms with Gasteiger partial charge in [-0.1, -0.05) is 36.4 Å². The molecular formula is C21H23N3O2. The first kappa shape index (κ1) is 19.2. The average Bonchev–Trinajstić information content (AvgIpc) is 2.65. The van der Waals surface area contributed by atoms with Crippen molar-refractivity contribution >= 4 is 17.5 Å². The Balaban J connectivity index is 1.79. The SMILES string of the molecule is CC(=O)N(CCCc1ccccc1)CCC(=O)Nc1cccc(C#N)c1. The van der Waals surface area contributed by atoms with Gasteiger partial charge in [0.1, 0.15) is 0 Å². The molecule has 0 saturated carbocycles. The molecule has 2 aromatic carbocycles. The Hall–Kier alpha value is -3.13. The molecule has 0 aliphatic heterocycles. The molecule has 0 aromatic heterocycles. The molecule has 5 heteroatoms. The molecule has 2 amide bonds. The smallest absolute Gasteiger partial charge is 0.226 e. The summed E-state index contributed by atoms with van der Waals surface area (Å²) in [4.78, 5) is 25.6. The van der Waals surface area contributed by atoms with Crippen molar-refractivity contribution in [3.63, 3.8) is 0 Å². The predicted octanol–water partition coefficient (Wildman–Crippen LogP) is 3.37. The van der Waals surface area contributed by atoms with Gasteiger partial charge in [-0.05, 0) is 36.6 Å². The monoisotopic (exact) mass is 349 g/mol. The van der Waals surface area contributed by atoms with E-state index in [0.29, 0.717) is 24.3 Å². The molecule has 26 heavy (non-hydrogen) atoms. The van der Waals surface area contributed by atoms with Gasteiger partial charge in [0.15, 0.2) is 0 Å². The molecule has 1 N–H and O–H groups in total. The van der Waals surface area contributed by atoms with E-state index in [0.717, 1.165) is 12.8 Å². The van der Waals surface area contributed by atoms with E-state index in [-0.39, 0.29) is 18.2 Å². The molecule has 2 aromatic rings. The van der Waals surface area contributed by atoms with Crippen LogP contribution in [0.25, 0.3) is 0 Å². The highest BCUT2D eigenvalue weighted by Gasteiger charge is 2.11. The second-order valence-electron chi connectivity index (χ2n) is 6.09. The summed E-state index contributed by atoms with van der Waals surface area (Å²) in [6.45, 7) is 2.53. The Bertz CT molecular complexity index is 781. The number of nitriles is 1. The summed E-state index contributed by atoms with van der Waals surface area (Å²) in [6.07, 6.45) is 1.98. The zero-order valence-electron chi connectivity index (χ0n) is 14.9. The number of amides is 2. The maximum atomic E-state index is 12.1. The van der Waals surface area contributed by atoms with E-state index < -0.39 is 0 Å². The molecule has 0 heterocycles. The highest BCUT2D eigenvalue weighted by atomic mass is 16.2. The van der Waals surface area contributed by atoms with Crippen LogP contribution < -0.4 is 5.32 Å². The summed E-state index contributed by atoms with van der Waals surface area (Å²) in [5.74, 6) is -0.202. The van der Waals surface area contributed by atoms with Gasteiger partial charge in [-0.2, -0.15) is 5.26 Å². The van der Waals surface area contributed by atoms with Gasteiger partial charge in [0.25, 0.3) is 0 Å². The van der Waals surface area contributed by atoms with Gasteiger partial charge >= 0.3 is 0 Å². The molecule has 0 spiro atoms. The molecule has 0 atom stereocenters. The van der Waals surface area contributed by atoms with Crippen molar-refractivity contribution in [1.29, 1.82) is 5.26 Å². The quantitative estimate of drug-likeness (QED) is 0.794. The largest absolute Gasteiger partial charge is 0.342 e. The Morgan fingerprint density at radius 1 is 1.08 bits per heavy atom. The lowest BCUT2D eigenvalue weighted by molar-refractivity contribution is -0.129. The van der Waals surface area contributed by atoms with Crippen LogP contribution in [0.15, 0.2) is 54.6 Å². The molecular weight excluding hydrogens is 326 g/mol. The number of hydrogen-bond acceptors (Lipinski definition) is 3. The number of anilines is 1. The minimum Gasteiger partial charge on any atom is -0.342 e. The fraction of sp³-hybridized carbons (Fsp3) is 0.286. The van der Waals surface area contributed by atoms with Crippen molar-refractivity contribution in [3.8, 4) is 6.07 Å². The fourth-order valence-corrected chi connectivity index (χ4v) is 2.67. The second-order valence-corrected chi connectivity index (χ2v) is 6.09. The Morgan fingerprint density at radius 3 is 2.54 bits per heavy atom. The van der Waals surface area contributed by atoms with Gasteiger partial charge in [0.2, 0.25) is 11.8 Å². The first-order chi connectivity index (χ1) is 12.6. The third kappa shape index (κ3) is 6.40. The van der Waals surface area contributed by atoms with Crippen LogP contribution in [0, 0.1) is 11.3 Å². The summed E-state index contributed by atoms with van der Waals surface area (Å²) < 4.78 is 0. The number of carbonyl (C=O) groups is 2. The van der Waals surface area contributed by atoms with E-state index in [4.69, 9.17) is 5.26 Å². The lowest BCUT2D eigenvalue weighted by Gasteiger charge is -2.20. The van der Waals surface area contributed by atoms with E-state index in [1.807, 2.05) is 24.3 Å². The number of nitrogens with one attached hydrogen (secondary N) is 1. The highest BCUT2D eigenvalue weighted by Crippen LogP contribution is 2.10. The van der Waals surface area contributed by atoms with Crippen LogP contribution in [0.3, 0.4) is 0 Å². The molecule has 0 aliphatic rings. The zero-order chi connectivity index (χ0) is 18.8. The molecule has 5 nitrogen and oxygen atoms in total. The van der Waals surface area contributed by atoms with Gasteiger partial charge in [-0.25, -0.2) is 0 Å². The number of rotatable bonds is 8. The van der Waals surface area contributed by atoms with Crippen LogP contribution in [0.1, 0.15) is 30.9 Å². The van der Waals surface area contributed by atoms with Crippen LogP contribution in [0.2, 0.25) is 0 Å². The minimum atomic E-state index is -0.172. The number of nitrogens with zero attached hydrogens (tertiary/aromatic N) is 2. The third-order valence-corrected chi connectivity index (χ3v) is 4.07. The summed E-state index contributed by atoms with van der Waals surface area (Å²) >= 11 is 0. The maximum absolute atomic E-state index is 12.1. The van der Waals surface area contributed by atoms with Crippen molar-refractivity contribution in [1.82, 2.24) is 4.90 Å². The van der Waals surface area contributed by atoms with Crippen molar-refractivity contribution in [2.45, 2.75) is 26.2 Å². The van der Waals surface area contributed by atoms with Gasteiger partial charge in [-0.15, -0.1) is 0 Å². The summed E-state index contributed by atoms with van der Waals surface area (Å²) in [6, 6.07) is 18.9. The molecule has 0 unspecified atom stereocenters. The van der Waals surface area contributed by atoms with Gasteiger partial charge in [0, 0.05) is 32.1 Å².